The number of amides is 2. The Morgan fingerprint density at radius 3 is 2.68 bits per heavy atom. The Balaban J connectivity index is 1.49. The average Bonchev–Trinajstić information content (AvgIpc) is 3.12. The summed E-state index contributed by atoms with van der Waals surface area (Å²) < 4.78 is 5.95. The quantitative estimate of drug-likeness (QED) is 0.774. The van der Waals surface area contributed by atoms with Gasteiger partial charge in [-0.05, 0) is 25.7 Å². The van der Waals surface area contributed by atoms with E-state index in [-0.39, 0.29) is 11.4 Å². The van der Waals surface area contributed by atoms with E-state index in [4.69, 9.17) is 4.74 Å². The van der Waals surface area contributed by atoms with Crippen molar-refractivity contribution in [1.29, 1.82) is 0 Å². The highest BCUT2D eigenvalue weighted by Gasteiger charge is 2.41. The SMILES string of the molecule is O=C(N1CCCC1)N1CCC[C@]2(COCCN(c3cnccn3)C2)C1. The summed E-state index contributed by atoms with van der Waals surface area (Å²) in [6.07, 6.45) is 9.64. The minimum Gasteiger partial charge on any atom is -0.379 e. The number of carbonyl (C=O) groups is 1. The van der Waals surface area contributed by atoms with Gasteiger partial charge in [0.2, 0.25) is 0 Å². The van der Waals surface area contributed by atoms with Gasteiger partial charge in [0.1, 0.15) is 5.82 Å². The van der Waals surface area contributed by atoms with Crippen LogP contribution in [0.25, 0.3) is 0 Å². The molecule has 136 valence electrons. The highest BCUT2D eigenvalue weighted by molar-refractivity contribution is 5.75. The number of hydrogen-bond acceptors (Lipinski definition) is 5. The molecule has 3 aliphatic rings. The van der Waals surface area contributed by atoms with E-state index < -0.39 is 0 Å². The number of rotatable bonds is 1. The van der Waals surface area contributed by atoms with Crippen LogP contribution in [0.15, 0.2) is 18.6 Å². The molecule has 0 N–H and O–H groups in total. The maximum Gasteiger partial charge on any atom is 0.320 e. The summed E-state index contributed by atoms with van der Waals surface area (Å²) in [4.78, 5) is 27.8. The third-order valence-corrected chi connectivity index (χ3v) is 5.62. The lowest BCUT2D eigenvalue weighted by Gasteiger charge is -2.44. The van der Waals surface area contributed by atoms with Crippen molar-refractivity contribution in [3.8, 4) is 0 Å². The number of piperidine rings is 1. The lowest BCUT2D eigenvalue weighted by atomic mass is 9.80. The van der Waals surface area contributed by atoms with Crippen molar-refractivity contribution in [3.63, 3.8) is 0 Å². The molecule has 2 amide bonds. The summed E-state index contributed by atoms with van der Waals surface area (Å²) in [5, 5.41) is 0. The summed E-state index contributed by atoms with van der Waals surface area (Å²) in [6, 6.07) is 0.215. The van der Waals surface area contributed by atoms with Crippen LogP contribution in [0.3, 0.4) is 0 Å². The molecule has 7 heteroatoms. The molecule has 1 aromatic rings. The molecule has 0 unspecified atom stereocenters. The van der Waals surface area contributed by atoms with Crippen molar-refractivity contribution in [2.24, 2.45) is 5.41 Å². The first-order valence-electron chi connectivity index (χ1n) is 9.38. The van der Waals surface area contributed by atoms with Gasteiger partial charge < -0.3 is 19.4 Å². The smallest absolute Gasteiger partial charge is 0.320 e. The van der Waals surface area contributed by atoms with E-state index in [0.717, 1.165) is 70.8 Å². The molecule has 4 heterocycles. The number of aromatic nitrogens is 2. The molecule has 0 radical (unpaired) electrons. The lowest BCUT2D eigenvalue weighted by molar-refractivity contribution is 0.0200. The zero-order chi connectivity index (χ0) is 17.1. The molecule has 0 aromatic carbocycles. The molecule has 1 aromatic heterocycles. The first-order valence-corrected chi connectivity index (χ1v) is 9.38. The minimum absolute atomic E-state index is 0.0122. The molecule has 1 atom stereocenters. The molecule has 0 aliphatic carbocycles. The first-order chi connectivity index (χ1) is 12.3. The number of urea groups is 1. The van der Waals surface area contributed by atoms with Crippen molar-refractivity contribution in [2.75, 3.05) is 57.4 Å². The van der Waals surface area contributed by atoms with Gasteiger partial charge in [-0.2, -0.15) is 0 Å². The molecule has 3 fully saturated rings. The van der Waals surface area contributed by atoms with E-state index in [1.165, 1.54) is 0 Å². The van der Waals surface area contributed by atoms with Crippen molar-refractivity contribution < 1.29 is 9.53 Å². The van der Waals surface area contributed by atoms with Crippen LogP contribution in [0.5, 0.6) is 0 Å². The maximum atomic E-state index is 12.8. The van der Waals surface area contributed by atoms with Gasteiger partial charge in [-0.1, -0.05) is 0 Å². The largest absolute Gasteiger partial charge is 0.379 e. The molecule has 0 saturated carbocycles. The van der Waals surface area contributed by atoms with E-state index in [2.05, 4.69) is 19.8 Å². The summed E-state index contributed by atoms with van der Waals surface area (Å²) in [5.74, 6) is 0.898. The topological polar surface area (TPSA) is 61.8 Å². The van der Waals surface area contributed by atoms with Gasteiger partial charge in [0.15, 0.2) is 0 Å². The van der Waals surface area contributed by atoms with E-state index in [1.807, 2.05) is 11.1 Å². The minimum atomic E-state index is -0.0122. The van der Waals surface area contributed by atoms with Crippen molar-refractivity contribution in [3.05, 3.63) is 18.6 Å². The number of ether oxygens (including phenoxy) is 1. The van der Waals surface area contributed by atoms with E-state index in [0.29, 0.717) is 13.2 Å². The zero-order valence-corrected chi connectivity index (χ0v) is 14.8. The molecule has 7 nitrogen and oxygen atoms in total. The Kier molecular flexibility index (Phi) is 4.74. The number of carbonyl (C=O) groups excluding carboxylic acids is 1. The van der Waals surface area contributed by atoms with Crippen LogP contribution in [-0.2, 0) is 4.74 Å². The normalized spacial score (nSPS) is 27.6. The molecule has 4 rings (SSSR count). The van der Waals surface area contributed by atoms with Crippen LogP contribution >= 0.6 is 0 Å². The number of likely N-dealkylation sites (tertiary alicyclic amines) is 2. The standard InChI is InChI=1S/C18H27N5O2/c24-17(21-7-1-2-8-21)23-9-3-4-18(14-23)13-22(10-11-25-15-18)16-12-19-5-6-20-16/h5-6,12H,1-4,7-11,13-15H2/t18-/m1/s1. The molecule has 3 aliphatic heterocycles. The van der Waals surface area contributed by atoms with Gasteiger partial charge >= 0.3 is 6.03 Å². The van der Waals surface area contributed by atoms with Crippen LogP contribution < -0.4 is 4.90 Å². The van der Waals surface area contributed by atoms with E-state index in [1.54, 1.807) is 12.4 Å². The zero-order valence-electron chi connectivity index (χ0n) is 14.8. The van der Waals surface area contributed by atoms with Gasteiger partial charge in [0, 0.05) is 57.1 Å². The van der Waals surface area contributed by atoms with Gasteiger partial charge in [0.25, 0.3) is 0 Å². The number of anilines is 1. The summed E-state index contributed by atoms with van der Waals surface area (Å²) in [6.45, 7) is 6.55. The Morgan fingerprint density at radius 2 is 1.88 bits per heavy atom. The van der Waals surface area contributed by atoms with Crippen LogP contribution in [0, 0.1) is 5.41 Å². The molecule has 0 bridgehead atoms. The van der Waals surface area contributed by atoms with Crippen molar-refractivity contribution in [1.82, 2.24) is 19.8 Å². The van der Waals surface area contributed by atoms with Gasteiger partial charge in [-0.25, -0.2) is 9.78 Å². The van der Waals surface area contributed by atoms with Crippen molar-refractivity contribution in [2.45, 2.75) is 25.7 Å². The second-order valence-electron chi connectivity index (χ2n) is 7.54. The fraction of sp³-hybridized carbons (Fsp3) is 0.722. The summed E-state index contributed by atoms with van der Waals surface area (Å²) in [7, 11) is 0. The Morgan fingerprint density at radius 1 is 1.04 bits per heavy atom. The molecular weight excluding hydrogens is 318 g/mol. The second-order valence-corrected chi connectivity index (χ2v) is 7.54. The Labute approximate surface area is 149 Å². The van der Waals surface area contributed by atoms with Crippen LogP contribution in [0.4, 0.5) is 10.6 Å². The molecule has 25 heavy (non-hydrogen) atoms. The number of nitrogens with zero attached hydrogens (tertiary/aromatic N) is 5. The summed E-state index contributed by atoms with van der Waals surface area (Å²) >= 11 is 0. The predicted octanol–water partition coefficient (Wildman–Crippen LogP) is 1.61. The van der Waals surface area contributed by atoms with Gasteiger partial charge in [0.05, 0.1) is 19.4 Å². The van der Waals surface area contributed by atoms with Gasteiger partial charge in [-0.15, -0.1) is 0 Å². The molecule has 3 saturated heterocycles. The van der Waals surface area contributed by atoms with Crippen LogP contribution in [0.1, 0.15) is 25.7 Å². The van der Waals surface area contributed by atoms with E-state index >= 15 is 0 Å². The monoisotopic (exact) mass is 345 g/mol. The lowest BCUT2D eigenvalue weighted by Crippen LogP contribution is -2.54. The van der Waals surface area contributed by atoms with Crippen LogP contribution in [0.2, 0.25) is 0 Å². The Hall–Kier alpha value is -1.89. The fourth-order valence-electron chi connectivity index (χ4n) is 4.37. The second kappa shape index (κ2) is 7.15. The highest BCUT2D eigenvalue weighted by Crippen LogP contribution is 2.34. The van der Waals surface area contributed by atoms with Gasteiger partial charge in [-0.3, -0.25) is 4.98 Å². The third kappa shape index (κ3) is 3.56. The maximum absolute atomic E-state index is 12.8. The molecular formula is C18H27N5O2. The highest BCUT2D eigenvalue weighted by atomic mass is 16.5. The first kappa shape index (κ1) is 16.6. The number of hydrogen-bond donors (Lipinski definition) is 0. The fourth-order valence-corrected chi connectivity index (χ4v) is 4.37. The summed E-state index contributed by atoms with van der Waals surface area (Å²) in [5.41, 5.74) is -0.0122. The molecule has 1 spiro atoms. The van der Waals surface area contributed by atoms with Crippen LogP contribution in [-0.4, -0.2) is 78.3 Å². The van der Waals surface area contributed by atoms with E-state index in [9.17, 15) is 4.79 Å². The Bertz CT molecular complexity index is 592. The predicted molar refractivity (Wildman–Crippen MR) is 94.5 cm³/mol. The average molecular weight is 345 g/mol. The van der Waals surface area contributed by atoms with Crippen molar-refractivity contribution >= 4 is 11.8 Å². The third-order valence-electron chi connectivity index (χ3n) is 5.62.